The largest absolute Gasteiger partial charge is 0.497 e. The number of hydrogen-bond donors (Lipinski definition) is 0. The fourth-order valence-corrected chi connectivity index (χ4v) is 3.27. The van der Waals surface area contributed by atoms with Crippen LogP contribution in [0.5, 0.6) is 5.75 Å². The molecular weight excluding hydrogens is 288 g/mol. The summed E-state index contributed by atoms with van der Waals surface area (Å²) >= 11 is 0. The van der Waals surface area contributed by atoms with Crippen molar-refractivity contribution in [3.8, 4) is 5.75 Å². The highest BCUT2D eigenvalue weighted by Gasteiger charge is 2.59. The van der Waals surface area contributed by atoms with Gasteiger partial charge in [0.1, 0.15) is 11.2 Å². The number of ether oxygens (including phenoxy) is 2. The van der Waals surface area contributed by atoms with Crippen LogP contribution in [0.25, 0.3) is 5.57 Å². The molecule has 0 spiro atoms. The average molecular weight is 308 g/mol. The van der Waals surface area contributed by atoms with E-state index >= 15 is 0 Å². The zero-order valence-electron chi connectivity index (χ0n) is 13.6. The van der Waals surface area contributed by atoms with Crippen LogP contribution in [-0.2, 0) is 14.9 Å². The molecule has 0 bridgehead atoms. The Morgan fingerprint density at radius 3 is 2.48 bits per heavy atom. The minimum Gasteiger partial charge on any atom is -0.497 e. The van der Waals surface area contributed by atoms with E-state index in [2.05, 4.69) is 0 Å². The molecule has 1 unspecified atom stereocenters. The first-order chi connectivity index (χ1) is 11.2. The van der Waals surface area contributed by atoms with Crippen LogP contribution < -0.4 is 4.74 Å². The Morgan fingerprint density at radius 2 is 1.83 bits per heavy atom. The summed E-state index contributed by atoms with van der Waals surface area (Å²) < 4.78 is 10.7. The third-order valence-electron chi connectivity index (χ3n) is 4.40. The third-order valence-corrected chi connectivity index (χ3v) is 4.40. The lowest BCUT2D eigenvalue weighted by Crippen LogP contribution is -2.28. The lowest BCUT2D eigenvalue weighted by Gasteiger charge is -2.19. The topological polar surface area (TPSA) is 35.5 Å². The van der Waals surface area contributed by atoms with Crippen molar-refractivity contribution in [1.82, 2.24) is 0 Å². The van der Waals surface area contributed by atoms with Crippen LogP contribution in [-0.4, -0.2) is 19.7 Å². The Balaban J connectivity index is 2.10. The van der Waals surface area contributed by atoms with Crippen LogP contribution >= 0.6 is 0 Å². The normalized spacial score (nSPS) is 19.4. The summed E-state index contributed by atoms with van der Waals surface area (Å²) in [6.07, 6.45) is 0. The molecule has 0 saturated carbocycles. The van der Waals surface area contributed by atoms with Crippen LogP contribution in [0.1, 0.15) is 25.0 Å². The Kier molecular flexibility index (Phi) is 3.95. The number of esters is 1. The summed E-state index contributed by atoms with van der Waals surface area (Å²) in [6, 6.07) is 17.6. The van der Waals surface area contributed by atoms with Crippen molar-refractivity contribution in [2.75, 3.05) is 13.7 Å². The highest BCUT2D eigenvalue weighted by atomic mass is 16.5. The van der Waals surface area contributed by atoms with Gasteiger partial charge in [0.25, 0.3) is 0 Å². The molecule has 0 saturated heterocycles. The van der Waals surface area contributed by atoms with E-state index in [1.807, 2.05) is 68.4 Å². The maximum absolute atomic E-state index is 12.8. The van der Waals surface area contributed by atoms with Gasteiger partial charge in [0, 0.05) is 0 Å². The summed E-state index contributed by atoms with van der Waals surface area (Å²) in [5.74, 6) is 0.517. The summed E-state index contributed by atoms with van der Waals surface area (Å²) in [5.41, 5.74) is 3.24. The van der Waals surface area contributed by atoms with E-state index in [9.17, 15) is 4.79 Å². The van der Waals surface area contributed by atoms with Crippen molar-refractivity contribution in [1.29, 1.82) is 0 Å². The molecule has 3 rings (SSSR count). The Labute approximate surface area is 136 Å². The van der Waals surface area contributed by atoms with Gasteiger partial charge in [-0.05, 0) is 48.3 Å². The van der Waals surface area contributed by atoms with Crippen molar-refractivity contribution in [2.45, 2.75) is 19.3 Å². The molecule has 0 aromatic heterocycles. The van der Waals surface area contributed by atoms with Crippen LogP contribution in [0.2, 0.25) is 0 Å². The number of hydrogen-bond acceptors (Lipinski definition) is 3. The standard InChI is InChI=1S/C20H20O3/c1-4-23-19(21)20(16-11-8-12-17(13-16)22-3)14(2)18(20)15-9-6-5-7-10-15/h5-13H,4H2,1-3H3. The van der Waals surface area contributed by atoms with Gasteiger partial charge in [-0.3, -0.25) is 4.79 Å². The first-order valence-electron chi connectivity index (χ1n) is 7.75. The number of methoxy groups -OCH3 is 1. The van der Waals surface area contributed by atoms with Crippen molar-refractivity contribution in [2.24, 2.45) is 0 Å². The van der Waals surface area contributed by atoms with E-state index in [-0.39, 0.29) is 5.97 Å². The second-order valence-electron chi connectivity index (χ2n) is 5.57. The SMILES string of the molecule is CCOC(=O)C1(c2cccc(OC)c2)C(C)=C1c1ccccc1. The van der Waals surface area contributed by atoms with E-state index in [1.54, 1.807) is 7.11 Å². The van der Waals surface area contributed by atoms with Crippen LogP contribution in [0.4, 0.5) is 0 Å². The van der Waals surface area contributed by atoms with E-state index in [4.69, 9.17) is 9.47 Å². The Morgan fingerprint density at radius 1 is 1.09 bits per heavy atom. The van der Waals surface area contributed by atoms with Gasteiger partial charge in [-0.25, -0.2) is 0 Å². The van der Waals surface area contributed by atoms with Crippen LogP contribution in [0.3, 0.4) is 0 Å². The minimum absolute atomic E-state index is 0.218. The van der Waals surface area contributed by atoms with E-state index in [0.29, 0.717) is 6.61 Å². The van der Waals surface area contributed by atoms with Crippen molar-refractivity contribution >= 4 is 11.5 Å². The summed E-state index contributed by atoms with van der Waals surface area (Å²) in [4.78, 5) is 12.8. The molecule has 2 aromatic carbocycles. The molecule has 1 aliphatic carbocycles. The fraction of sp³-hybridized carbons (Fsp3) is 0.250. The highest BCUT2D eigenvalue weighted by Crippen LogP contribution is 2.60. The number of rotatable bonds is 5. The maximum atomic E-state index is 12.8. The zero-order chi connectivity index (χ0) is 16.4. The molecule has 1 aliphatic rings. The second-order valence-corrected chi connectivity index (χ2v) is 5.57. The maximum Gasteiger partial charge on any atom is 0.325 e. The molecule has 0 aliphatic heterocycles. The molecule has 0 heterocycles. The van der Waals surface area contributed by atoms with Crippen LogP contribution in [0.15, 0.2) is 60.2 Å². The van der Waals surface area contributed by atoms with Crippen molar-refractivity contribution in [3.63, 3.8) is 0 Å². The molecule has 3 heteroatoms. The van der Waals surface area contributed by atoms with Gasteiger partial charge in [-0.15, -0.1) is 0 Å². The van der Waals surface area contributed by atoms with E-state index < -0.39 is 5.41 Å². The molecule has 0 fully saturated rings. The van der Waals surface area contributed by atoms with Gasteiger partial charge in [0.05, 0.1) is 13.7 Å². The molecule has 118 valence electrons. The Bertz CT molecular complexity index is 761. The molecular formula is C20H20O3. The monoisotopic (exact) mass is 308 g/mol. The Hall–Kier alpha value is -2.55. The summed E-state index contributed by atoms with van der Waals surface area (Å²) in [7, 11) is 1.63. The first-order valence-corrected chi connectivity index (χ1v) is 7.75. The molecule has 1 atom stereocenters. The first kappa shape index (κ1) is 15.3. The zero-order valence-corrected chi connectivity index (χ0v) is 13.6. The molecule has 2 aromatic rings. The van der Waals surface area contributed by atoms with Gasteiger partial charge < -0.3 is 9.47 Å². The lowest BCUT2D eigenvalue weighted by atomic mass is 9.86. The lowest BCUT2D eigenvalue weighted by molar-refractivity contribution is -0.145. The third kappa shape index (κ3) is 2.33. The second kappa shape index (κ2) is 5.92. The van der Waals surface area contributed by atoms with Gasteiger partial charge in [-0.1, -0.05) is 42.5 Å². The number of carbonyl (C=O) groups is 1. The predicted molar refractivity (Wildman–Crippen MR) is 90.3 cm³/mol. The average Bonchev–Trinajstić information content (AvgIpc) is 3.22. The van der Waals surface area contributed by atoms with Crippen LogP contribution in [0, 0.1) is 0 Å². The van der Waals surface area contributed by atoms with E-state index in [1.165, 1.54) is 0 Å². The minimum atomic E-state index is -0.786. The van der Waals surface area contributed by atoms with Gasteiger partial charge in [-0.2, -0.15) is 0 Å². The van der Waals surface area contributed by atoms with Crippen molar-refractivity contribution in [3.05, 3.63) is 71.3 Å². The quantitative estimate of drug-likeness (QED) is 0.784. The molecule has 0 amide bonds. The number of benzene rings is 2. The molecule has 23 heavy (non-hydrogen) atoms. The smallest absolute Gasteiger partial charge is 0.325 e. The molecule has 3 nitrogen and oxygen atoms in total. The van der Waals surface area contributed by atoms with Crippen molar-refractivity contribution < 1.29 is 14.3 Å². The predicted octanol–water partition coefficient (Wildman–Crippen LogP) is 3.98. The summed E-state index contributed by atoms with van der Waals surface area (Å²) in [5, 5.41) is 0. The highest BCUT2D eigenvalue weighted by molar-refractivity contribution is 6.15. The van der Waals surface area contributed by atoms with Gasteiger partial charge >= 0.3 is 5.97 Å². The van der Waals surface area contributed by atoms with E-state index in [0.717, 1.165) is 28.0 Å². The molecule has 0 radical (unpaired) electrons. The van der Waals surface area contributed by atoms with Gasteiger partial charge in [0.2, 0.25) is 0 Å². The van der Waals surface area contributed by atoms with Gasteiger partial charge in [0.15, 0.2) is 0 Å². The molecule has 0 N–H and O–H groups in total. The number of carbonyl (C=O) groups excluding carboxylic acids is 1. The fourth-order valence-electron chi connectivity index (χ4n) is 3.27. The summed E-state index contributed by atoms with van der Waals surface area (Å²) in [6.45, 7) is 4.19.